The number of aliphatic hydroxyl groups is 1. The summed E-state index contributed by atoms with van der Waals surface area (Å²) in [6, 6.07) is 29.0. The lowest BCUT2D eigenvalue weighted by Gasteiger charge is -2.31. The van der Waals surface area contributed by atoms with E-state index in [4.69, 9.17) is 9.47 Å². The van der Waals surface area contributed by atoms with Gasteiger partial charge < -0.3 is 45.1 Å². The van der Waals surface area contributed by atoms with Gasteiger partial charge in [0.25, 0.3) is 0 Å². The molecule has 0 radical (unpaired) electrons. The van der Waals surface area contributed by atoms with Crippen LogP contribution >= 0.6 is 0 Å². The van der Waals surface area contributed by atoms with Gasteiger partial charge in [0.1, 0.15) is 17.6 Å². The van der Waals surface area contributed by atoms with E-state index >= 15 is 0 Å². The van der Waals surface area contributed by atoms with E-state index in [9.17, 15) is 29.4 Å². The van der Waals surface area contributed by atoms with Gasteiger partial charge in [-0.3, -0.25) is 19.7 Å². The molecule has 1 atom stereocenters. The molecule has 6 rings (SSSR count). The lowest BCUT2D eigenvalue weighted by molar-refractivity contribution is -0.130. The zero-order valence-corrected chi connectivity index (χ0v) is 34.1. The molecule has 1 aromatic heterocycles. The summed E-state index contributed by atoms with van der Waals surface area (Å²) in [6.45, 7) is 3.26. The number of carbonyl (C=O) groups excluding carboxylic acids is 3. The molecule has 60 heavy (non-hydrogen) atoms. The van der Waals surface area contributed by atoms with Crippen LogP contribution in [0.3, 0.4) is 0 Å². The summed E-state index contributed by atoms with van der Waals surface area (Å²) in [5, 5.41) is 30.7. The second-order valence-corrected chi connectivity index (χ2v) is 15.0. The van der Waals surface area contributed by atoms with E-state index in [-0.39, 0.29) is 47.7 Å². The number of fused-ring (bicyclic) bond motifs is 1. The van der Waals surface area contributed by atoms with Crippen molar-refractivity contribution < 1.29 is 34.1 Å². The predicted octanol–water partition coefficient (Wildman–Crippen LogP) is 6.06. The molecule has 0 spiro atoms. The molecule has 1 saturated heterocycles. The van der Waals surface area contributed by atoms with Crippen LogP contribution < -0.4 is 26.2 Å². The van der Waals surface area contributed by atoms with Gasteiger partial charge >= 0.3 is 6.09 Å². The minimum Gasteiger partial charge on any atom is -0.506 e. The normalized spacial score (nSPS) is 13.7. The molecule has 0 saturated carbocycles. The summed E-state index contributed by atoms with van der Waals surface area (Å²) in [6.07, 6.45) is 1.50. The van der Waals surface area contributed by atoms with Crippen molar-refractivity contribution in [2.24, 2.45) is 0 Å². The maximum atomic E-state index is 12.9. The van der Waals surface area contributed by atoms with E-state index in [1.807, 2.05) is 60.7 Å². The number of phenols is 1. The Bertz CT molecular complexity index is 2290. The van der Waals surface area contributed by atoms with E-state index in [0.29, 0.717) is 79.8 Å². The maximum absolute atomic E-state index is 12.9. The number of amides is 3. The smallest absolute Gasteiger partial charge is 0.411 e. The highest BCUT2D eigenvalue weighted by molar-refractivity contribution is 5.92. The number of hydrogen-bond donors (Lipinski definition) is 6. The van der Waals surface area contributed by atoms with E-state index in [0.717, 1.165) is 29.8 Å². The van der Waals surface area contributed by atoms with Crippen LogP contribution in [0, 0.1) is 0 Å². The van der Waals surface area contributed by atoms with E-state index < -0.39 is 12.2 Å². The lowest BCUT2D eigenvalue weighted by atomic mass is 10.0. The van der Waals surface area contributed by atoms with Crippen LogP contribution in [0.5, 0.6) is 11.5 Å². The highest BCUT2D eigenvalue weighted by atomic mass is 16.6. The fourth-order valence-corrected chi connectivity index (χ4v) is 7.45. The van der Waals surface area contributed by atoms with Crippen molar-refractivity contribution in [3.8, 4) is 22.6 Å². The van der Waals surface area contributed by atoms with Gasteiger partial charge in [-0.1, -0.05) is 54.6 Å². The number of nitrogens with zero attached hydrogens (tertiary/aromatic N) is 2. The number of carbonyl (C=O) groups is 3. The van der Waals surface area contributed by atoms with Gasteiger partial charge in [0.2, 0.25) is 17.4 Å². The minimum atomic E-state index is -0.886. The van der Waals surface area contributed by atoms with Gasteiger partial charge in [0.15, 0.2) is 0 Å². The SMILES string of the molecule is COc1ccc(NC(=O)CCCN(C)C(=O)CCN2CCC(OC(=O)Nc3ccccc3-c3ccccc3)CC2)cc1CCNCC(O)c1ccc(O)c2[nH]c(=O)ccc12. The van der Waals surface area contributed by atoms with Gasteiger partial charge in [-0.25, -0.2) is 4.79 Å². The number of aromatic amines is 1. The molecule has 3 amide bonds. The zero-order chi connectivity index (χ0) is 42.4. The van der Waals surface area contributed by atoms with Crippen molar-refractivity contribution in [1.29, 1.82) is 0 Å². The Hall–Kier alpha value is -6.22. The minimum absolute atomic E-state index is 0.0129. The van der Waals surface area contributed by atoms with Crippen LogP contribution in [0.4, 0.5) is 16.2 Å². The molecule has 14 heteroatoms. The Morgan fingerprint density at radius 1 is 0.933 bits per heavy atom. The van der Waals surface area contributed by atoms with Crippen LogP contribution in [0.15, 0.2) is 102 Å². The van der Waals surface area contributed by atoms with Crippen LogP contribution in [0.25, 0.3) is 22.0 Å². The summed E-state index contributed by atoms with van der Waals surface area (Å²) < 4.78 is 11.3. The third-order valence-electron chi connectivity index (χ3n) is 10.8. The Morgan fingerprint density at radius 3 is 2.48 bits per heavy atom. The highest BCUT2D eigenvalue weighted by Crippen LogP contribution is 2.30. The number of likely N-dealkylation sites (tertiary alicyclic amines) is 1. The second-order valence-electron chi connectivity index (χ2n) is 15.0. The van der Waals surface area contributed by atoms with Crippen molar-refractivity contribution >= 4 is 40.2 Å². The molecular formula is C46H54N6O8. The monoisotopic (exact) mass is 818 g/mol. The molecule has 14 nitrogen and oxygen atoms in total. The number of anilines is 2. The highest BCUT2D eigenvalue weighted by Gasteiger charge is 2.24. The second kappa shape index (κ2) is 21.2. The number of aromatic hydroxyl groups is 1. The maximum Gasteiger partial charge on any atom is 0.411 e. The number of rotatable bonds is 18. The molecule has 1 aliphatic rings. The number of H-pyrrole nitrogens is 1. The standard InChI is InChI=1S/C46H54N6O8/c1-51(44(57)23-28-52-26-21-34(22-27-52)60-46(58)49-38-12-7-6-11-35(38)31-9-4-3-5-10-31)25-8-13-42(55)48-33-14-18-41(59-2)32(29-33)20-24-47-30-40(54)36-15-17-39(53)45-37(36)16-19-43(56)50-45/h3-7,9-12,14-19,29,34,40,47,53-54H,8,13,20-28,30H2,1-2H3,(H,48,55)(H,49,58)(H,50,56). The van der Waals surface area contributed by atoms with Crippen molar-refractivity contribution in [3.05, 3.63) is 119 Å². The average molecular weight is 819 g/mol. The van der Waals surface area contributed by atoms with E-state index in [1.165, 1.54) is 12.1 Å². The van der Waals surface area contributed by atoms with Gasteiger partial charge in [-0.2, -0.15) is 0 Å². The third-order valence-corrected chi connectivity index (χ3v) is 10.8. The van der Waals surface area contributed by atoms with Crippen LogP contribution in [-0.4, -0.2) is 102 Å². The number of aliphatic hydroxyl groups excluding tert-OH is 1. The van der Waals surface area contributed by atoms with Gasteiger partial charge in [0.05, 0.1) is 24.4 Å². The number of methoxy groups -OCH3 is 1. The molecule has 1 fully saturated rings. The topological polar surface area (TPSA) is 186 Å². The number of aromatic nitrogens is 1. The number of pyridine rings is 1. The first-order valence-corrected chi connectivity index (χ1v) is 20.4. The number of nitrogens with one attached hydrogen (secondary N) is 4. The number of para-hydroxylation sites is 1. The number of ether oxygens (including phenoxy) is 2. The third kappa shape index (κ3) is 11.9. The largest absolute Gasteiger partial charge is 0.506 e. The van der Waals surface area contributed by atoms with Crippen LogP contribution in [0.1, 0.15) is 49.3 Å². The number of piperidine rings is 1. The molecule has 0 bridgehead atoms. The molecule has 6 N–H and O–H groups in total. The Kier molecular flexibility index (Phi) is 15.3. The van der Waals surface area contributed by atoms with E-state index in [2.05, 4.69) is 25.8 Å². The summed E-state index contributed by atoms with van der Waals surface area (Å²) in [7, 11) is 3.34. The zero-order valence-electron chi connectivity index (χ0n) is 34.1. The van der Waals surface area contributed by atoms with Crippen molar-refractivity contribution in [1.82, 2.24) is 20.1 Å². The summed E-state index contributed by atoms with van der Waals surface area (Å²) in [5.74, 6) is 0.460. The molecule has 5 aromatic rings. The quantitative estimate of drug-likeness (QED) is 0.0569. The first-order chi connectivity index (χ1) is 29.1. The fourth-order valence-electron chi connectivity index (χ4n) is 7.45. The number of hydrogen-bond acceptors (Lipinski definition) is 10. The van der Waals surface area contributed by atoms with Crippen molar-refractivity contribution in [3.63, 3.8) is 0 Å². The van der Waals surface area contributed by atoms with Gasteiger partial charge in [0, 0.05) is 75.3 Å². The average Bonchev–Trinajstić information content (AvgIpc) is 3.25. The Morgan fingerprint density at radius 2 is 1.70 bits per heavy atom. The molecule has 2 heterocycles. The molecule has 316 valence electrons. The molecule has 1 aliphatic heterocycles. The summed E-state index contributed by atoms with van der Waals surface area (Å²) >= 11 is 0. The Labute approximate surface area is 349 Å². The lowest BCUT2D eigenvalue weighted by Crippen LogP contribution is -2.40. The fraction of sp³-hybridized carbons (Fsp3) is 0.348. The molecule has 1 unspecified atom stereocenters. The number of phenolic OH excluding ortho intramolecular Hbond substituents is 1. The molecule has 4 aromatic carbocycles. The predicted molar refractivity (Wildman–Crippen MR) is 232 cm³/mol. The first-order valence-electron chi connectivity index (χ1n) is 20.4. The van der Waals surface area contributed by atoms with Crippen molar-refractivity contribution in [2.75, 3.05) is 64.1 Å². The van der Waals surface area contributed by atoms with Crippen LogP contribution in [0.2, 0.25) is 0 Å². The van der Waals surface area contributed by atoms with Crippen LogP contribution in [-0.2, 0) is 20.7 Å². The van der Waals surface area contributed by atoms with E-state index in [1.54, 1.807) is 43.3 Å². The van der Waals surface area contributed by atoms with Gasteiger partial charge in [-0.05, 0) is 85.3 Å². The number of benzene rings is 4. The molecular weight excluding hydrogens is 765 g/mol. The summed E-state index contributed by atoms with van der Waals surface area (Å²) in [5.41, 5.74) is 4.65. The van der Waals surface area contributed by atoms with Gasteiger partial charge in [-0.15, -0.1) is 0 Å². The van der Waals surface area contributed by atoms with Crippen molar-refractivity contribution in [2.45, 2.75) is 50.7 Å². The Balaban J connectivity index is 0.861. The first kappa shape index (κ1) is 43.4. The molecule has 0 aliphatic carbocycles. The summed E-state index contributed by atoms with van der Waals surface area (Å²) in [4.78, 5) is 56.8.